The highest BCUT2D eigenvalue weighted by Gasteiger charge is 2.16. The Kier molecular flexibility index (Phi) is 6.96. The summed E-state index contributed by atoms with van der Waals surface area (Å²) in [5, 5.41) is 6.56. The van der Waals surface area contributed by atoms with Crippen LogP contribution < -0.4 is 15.8 Å². The molecule has 0 saturated carbocycles. The summed E-state index contributed by atoms with van der Waals surface area (Å²) >= 11 is 0. The lowest BCUT2D eigenvalue weighted by molar-refractivity contribution is -0.117. The minimum atomic E-state index is -0.387. The molecule has 1 saturated heterocycles. The van der Waals surface area contributed by atoms with E-state index in [-0.39, 0.29) is 36.6 Å². The van der Waals surface area contributed by atoms with Crippen molar-refractivity contribution in [3.63, 3.8) is 0 Å². The van der Waals surface area contributed by atoms with Gasteiger partial charge >= 0.3 is 11.8 Å². The fourth-order valence-electron chi connectivity index (χ4n) is 3.04. The lowest BCUT2D eigenvalue weighted by atomic mass is 10.1. The van der Waals surface area contributed by atoms with Gasteiger partial charge in [0.1, 0.15) is 5.75 Å². The second-order valence-electron chi connectivity index (χ2n) is 6.75. The van der Waals surface area contributed by atoms with E-state index >= 15 is 0 Å². The molecule has 1 aliphatic rings. The molecule has 150 valence electrons. The van der Waals surface area contributed by atoms with Crippen molar-refractivity contribution in [2.45, 2.75) is 32.3 Å². The molecule has 9 nitrogen and oxygen atoms in total. The second kappa shape index (κ2) is 9.84. The number of primary amides is 1. The van der Waals surface area contributed by atoms with Crippen LogP contribution >= 0.6 is 0 Å². The molecule has 2 amide bonds. The highest BCUT2D eigenvalue weighted by Crippen LogP contribution is 2.14. The molecule has 1 aliphatic heterocycles. The zero-order valence-corrected chi connectivity index (χ0v) is 15.7. The Morgan fingerprint density at radius 3 is 2.64 bits per heavy atom. The van der Waals surface area contributed by atoms with Crippen molar-refractivity contribution in [1.29, 1.82) is 0 Å². The van der Waals surface area contributed by atoms with Crippen molar-refractivity contribution < 1.29 is 18.8 Å². The van der Waals surface area contributed by atoms with Crippen LogP contribution in [0.2, 0.25) is 0 Å². The number of amides is 2. The largest absolute Gasteiger partial charge is 0.485 e. The highest BCUT2D eigenvalue weighted by atomic mass is 16.5. The normalized spacial score (nSPS) is 14.6. The lowest BCUT2D eigenvalue weighted by Crippen LogP contribution is -2.37. The lowest BCUT2D eigenvalue weighted by Gasteiger charge is -2.26. The molecule has 1 aromatic carbocycles. The Hall–Kier alpha value is -2.94. The average molecular weight is 387 g/mol. The predicted octanol–water partition coefficient (Wildman–Crippen LogP) is 0.892. The standard InChI is InChI=1S/C19H25N5O4/c20-16(25)12-14-4-6-15(7-5-14)27-13-17-22-19(28-23-17)18(26)21-8-11-24-9-2-1-3-10-24/h4-7H,1-3,8-13H2,(H2,20,25)(H,21,26). The smallest absolute Gasteiger partial charge is 0.316 e. The molecule has 0 aliphatic carbocycles. The molecule has 0 radical (unpaired) electrons. The number of rotatable bonds is 9. The maximum atomic E-state index is 12.1. The third-order valence-corrected chi connectivity index (χ3v) is 4.49. The Morgan fingerprint density at radius 2 is 1.93 bits per heavy atom. The Morgan fingerprint density at radius 1 is 1.18 bits per heavy atom. The van der Waals surface area contributed by atoms with Gasteiger partial charge in [-0.1, -0.05) is 23.7 Å². The van der Waals surface area contributed by atoms with Crippen LogP contribution in [-0.2, 0) is 17.8 Å². The van der Waals surface area contributed by atoms with Gasteiger partial charge in [-0.25, -0.2) is 0 Å². The summed E-state index contributed by atoms with van der Waals surface area (Å²) in [4.78, 5) is 29.4. The van der Waals surface area contributed by atoms with Crippen LogP contribution in [0.1, 0.15) is 41.3 Å². The summed E-state index contributed by atoms with van der Waals surface area (Å²) in [6.45, 7) is 3.61. The van der Waals surface area contributed by atoms with Gasteiger partial charge in [0.15, 0.2) is 6.61 Å². The first-order valence-electron chi connectivity index (χ1n) is 9.43. The van der Waals surface area contributed by atoms with E-state index in [1.165, 1.54) is 19.3 Å². The van der Waals surface area contributed by atoms with Gasteiger partial charge in [-0.15, -0.1) is 0 Å². The van der Waals surface area contributed by atoms with E-state index in [2.05, 4.69) is 20.4 Å². The van der Waals surface area contributed by atoms with Crippen LogP contribution in [0.25, 0.3) is 0 Å². The molecule has 0 atom stereocenters. The molecular formula is C19H25N5O4. The second-order valence-corrected chi connectivity index (χ2v) is 6.75. The van der Waals surface area contributed by atoms with E-state index in [1.807, 2.05) is 0 Å². The maximum Gasteiger partial charge on any atom is 0.316 e. The van der Waals surface area contributed by atoms with E-state index in [9.17, 15) is 9.59 Å². The third-order valence-electron chi connectivity index (χ3n) is 4.49. The number of carbonyl (C=O) groups excluding carboxylic acids is 2. The predicted molar refractivity (Wildman–Crippen MR) is 101 cm³/mol. The van der Waals surface area contributed by atoms with Crippen LogP contribution in [0.5, 0.6) is 5.75 Å². The molecule has 1 fully saturated rings. The summed E-state index contributed by atoms with van der Waals surface area (Å²) in [6, 6.07) is 6.98. The minimum Gasteiger partial charge on any atom is -0.485 e. The quantitative estimate of drug-likeness (QED) is 0.655. The zero-order chi connectivity index (χ0) is 19.8. The number of ether oxygens (including phenoxy) is 1. The van der Waals surface area contributed by atoms with Gasteiger partial charge in [0.25, 0.3) is 0 Å². The van der Waals surface area contributed by atoms with Crippen molar-refractivity contribution in [2.75, 3.05) is 26.2 Å². The summed E-state index contributed by atoms with van der Waals surface area (Å²) < 4.78 is 10.6. The van der Waals surface area contributed by atoms with Crippen LogP contribution in [0.3, 0.4) is 0 Å². The molecule has 0 spiro atoms. The number of carbonyl (C=O) groups is 2. The monoisotopic (exact) mass is 387 g/mol. The van der Waals surface area contributed by atoms with E-state index in [4.69, 9.17) is 15.0 Å². The van der Waals surface area contributed by atoms with E-state index in [0.717, 1.165) is 25.2 Å². The summed E-state index contributed by atoms with van der Waals surface area (Å²) in [5.41, 5.74) is 5.97. The average Bonchev–Trinajstić information content (AvgIpc) is 3.17. The highest BCUT2D eigenvalue weighted by molar-refractivity contribution is 5.89. The van der Waals surface area contributed by atoms with Crippen LogP contribution in [0.4, 0.5) is 0 Å². The zero-order valence-electron chi connectivity index (χ0n) is 15.7. The summed E-state index contributed by atoms with van der Waals surface area (Å²) in [5.74, 6) is 0.0239. The molecule has 0 bridgehead atoms. The SMILES string of the molecule is NC(=O)Cc1ccc(OCc2noc(C(=O)NCCN3CCCCC3)n2)cc1. The first kappa shape index (κ1) is 19.8. The van der Waals surface area contributed by atoms with E-state index < -0.39 is 0 Å². The van der Waals surface area contributed by atoms with Crippen molar-refractivity contribution in [3.8, 4) is 5.75 Å². The van der Waals surface area contributed by atoms with Gasteiger partial charge in [0, 0.05) is 13.1 Å². The Balaban J connectivity index is 1.41. The number of nitrogens with zero attached hydrogens (tertiary/aromatic N) is 3. The molecule has 0 unspecified atom stereocenters. The molecule has 9 heteroatoms. The third kappa shape index (κ3) is 6.05. The molecule has 2 heterocycles. The van der Waals surface area contributed by atoms with Gasteiger partial charge in [0.05, 0.1) is 6.42 Å². The number of aromatic nitrogens is 2. The number of nitrogens with two attached hydrogens (primary N) is 1. The number of benzene rings is 1. The fraction of sp³-hybridized carbons (Fsp3) is 0.474. The van der Waals surface area contributed by atoms with Crippen molar-refractivity contribution in [2.24, 2.45) is 5.73 Å². The maximum absolute atomic E-state index is 12.1. The number of piperidine rings is 1. The first-order chi connectivity index (χ1) is 13.6. The first-order valence-corrected chi connectivity index (χ1v) is 9.43. The Bertz CT molecular complexity index is 784. The van der Waals surface area contributed by atoms with Crippen molar-refractivity contribution in [1.82, 2.24) is 20.4 Å². The van der Waals surface area contributed by atoms with E-state index in [1.54, 1.807) is 24.3 Å². The van der Waals surface area contributed by atoms with Crippen molar-refractivity contribution in [3.05, 3.63) is 41.5 Å². The molecular weight excluding hydrogens is 362 g/mol. The summed E-state index contributed by atoms with van der Waals surface area (Å²) in [6.07, 6.45) is 3.90. The van der Waals surface area contributed by atoms with Gasteiger partial charge in [-0.05, 0) is 43.6 Å². The summed E-state index contributed by atoms with van der Waals surface area (Å²) in [7, 11) is 0. The molecule has 3 rings (SSSR count). The van der Waals surface area contributed by atoms with Crippen LogP contribution in [0.15, 0.2) is 28.8 Å². The fourth-order valence-corrected chi connectivity index (χ4v) is 3.04. The molecule has 3 N–H and O–H groups in total. The number of nitrogens with one attached hydrogen (secondary N) is 1. The van der Waals surface area contributed by atoms with Gasteiger partial charge in [0.2, 0.25) is 11.7 Å². The topological polar surface area (TPSA) is 124 Å². The van der Waals surface area contributed by atoms with Gasteiger partial charge in [-0.2, -0.15) is 4.98 Å². The number of hydrogen-bond acceptors (Lipinski definition) is 7. The molecule has 28 heavy (non-hydrogen) atoms. The van der Waals surface area contributed by atoms with Crippen molar-refractivity contribution >= 4 is 11.8 Å². The van der Waals surface area contributed by atoms with E-state index in [0.29, 0.717) is 12.3 Å². The number of likely N-dealkylation sites (tertiary alicyclic amines) is 1. The molecule has 1 aromatic heterocycles. The minimum absolute atomic E-state index is 0.0692. The number of hydrogen-bond donors (Lipinski definition) is 2. The van der Waals surface area contributed by atoms with Gasteiger partial charge < -0.3 is 25.2 Å². The Labute approximate surface area is 163 Å². The van der Waals surface area contributed by atoms with Crippen LogP contribution in [0, 0.1) is 0 Å². The van der Waals surface area contributed by atoms with Gasteiger partial charge in [-0.3, -0.25) is 9.59 Å². The molecule has 2 aromatic rings. The van der Waals surface area contributed by atoms with Crippen LogP contribution in [-0.4, -0.2) is 53.0 Å².